The van der Waals surface area contributed by atoms with Gasteiger partial charge in [-0.15, -0.1) is 0 Å². The van der Waals surface area contributed by atoms with E-state index in [0.717, 1.165) is 6.07 Å². The molecule has 0 amide bonds. The van der Waals surface area contributed by atoms with Crippen molar-refractivity contribution in [1.82, 2.24) is 0 Å². The van der Waals surface area contributed by atoms with Crippen molar-refractivity contribution < 1.29 is 28.0 Å². The largest absolute Gasteiger partial charge is 0.477 e. The fourth-order valence-corrected chi connectivity index (χ4v) is 1.02. The number of benzene rings is 1. The molecule has 0 saturated carbocycles. The summed E-state index contributed by atoms with van der Waals surface area (Å²) in [7, 11) is 0. The third-order valence-corrected chi connectivity index (χ3v) is 1.78. The molecule has 0 unspecified atom stereocenters. The topological polar surface area (TPSA) is 80.4 Å². The van der Waals surface area contributed by atoms with E-state index in [9.17, 15) is 28.1 Å². The predicted octanol–water partition coefficient (Wildman–Crippen LogP) is 1.91. The Hall–Kier alpha value is -2.12. The van der Waals surface area contributed by atoms with Gasteiger partial charge in [0.1, 0.15) is 0 Å². The molecule has 1 aromatic carbocycles. The number of carboxylic acid groups (broad SMARTS) is 1. The van der Waals surface area contributed by atoms with Crippen molar-refractivity contribution in [2.24, 2.45) is 0 Å². The minimum absolute atomic E-state index is 0.483. The van der Waals surface area contributed by atoms with Crippen LogP contribution >= 0.6 is 0 Å². The van der Waals surface area contributed by atoms with Crippen LogP contribution in [0, 0.1) is 15.9 Å². The summed E-state index contributed by atoms with van der Waals surface area (Å²) in [6, 6.07) is 1.93. The number of carboxylic acids is 1. The van der Waals surface area contributed by atoms with Crippen LogP contribution in [-0.4, -0.2) is 16.0 Å². The molecule has 1 aromatic rings. The van der Waals surface area contributed by atoms with Gasteiger partial charge >= 0.3 is 17.6 Å². The van der Waals surface area contributed by atoms with Crippen LogP contribution in [0.1, 0.15) is 5.56 Å². The molecule has 86 valence electrons. The van der Waals surface area contributed by atoms with Crippen LogP contribution in [0.3, 0.4) is 0 Å². The highest BCUT2D eigenvalue weighted by molar-refractivity contribution is 5.77. The quantitative estimate of drug-likeness (QED) is 0.640. The van der Waals surface area contributed by atoms with Crippen LogP contribution in [0.4, 0.5) is 18.9 Å². The van der Waals surface area contributed by atoms with Crippen LogP contribution in [0.25, 0.3) is 0 Å². The number of rotatable bonds is 3. The van der Waals surface area contributed by atoms with Gasteiger partial charge in [0.15, 0.2) is 0 Å². The van der Waals surface area contributed by atoms with E-state index in [0.29, 0.717) is 12.1 Å². The molecule has 0 fully saturated rings. The van der Waals surface area contributed by atoms with Gasteiger partial charge in [-0.25, -0.2) is 4.79 Å². The van der Waals surface area contributed by atoms with Gasteiger partial charge in [-0.1, -0.05) is 6.07 Å². The Morgan fingerprint density at radius 2 is 2.00 bits per heavy atom. The Kier molecular flexibility index (Phi) is 2.84. The predicted molar refractivity (Wildman–Crippen MR) is 44.6 cm³/mol. The lowest BCUT2D eigenvalue weighted by Crippen LogP contribution is -2.26. The first-order valence-electron chi connectivity index (χ1n) is 3.83. The molecule has 8 heteroatoms. The van der Waals surface area contributed by atoms with E-state index in [-0.39, 0.29) is 0 Å². The summed E-state index contributed by atoms with van der Waals surface area (Å²) in [5, 5.41) is 18.4. The lowest BCUT2D eigenvalue weighted by molar-refractivity contribution is -0.387. The van der Waals surface area contributed by atoms with Gasteiger partial charge in [0, 0.05) is 6.07 Å². The fourth-order valence-electron chi connectivity index (χ4n) is 1.02. The van der Waals surface area contributed by atoms with Crippen molar-refractivity contribution in [2.75, 3.05) is 0 Å². The molecule has 0 heterocycles. The standard InChI is InChI=1S/C8H4F3NO4/c9-6-4(8(10,11)7(13)14)2-1-3-5(6)12(15)16/h1-3H,(H,13,14). The van der Waals surface area contributed by atoms with Crippen molar-refractivity contribution >= 4 is 11.7 Å². The molecule has 0 bridgehead atoms. The first-order valence-corrected chi connectivity index (χ1v) is 3.83. The second-order valence-corrected chi connectivity index (χ2v) is 2.78. The number of alkyl halides is 2. The maximum Gasteiger partial charge on any atom is 0.379 e. The highest BCUT2D eigenvalue weighted by atomic mass is 19.3. The molecular weight excluding hydrogens is 231 g/mol. The highest BCUT2D eigenvalue weighted by Crippen LogP contribution is 2.33. The van der Waals surface area contributed by atoms with Crippen molar-refractivity contribution in [1.29, 1.82) is 0 Å². The first kappa shape index (κ1) is 12.0. The molecule has 0 aliphatic carbocycles. The van der Waals surface area contributed by atoms with Crippen molar-refractivity contribution in [3.8, 4) is 0 Å². The van der Waals surface area contributed by atoms with Crippen molar-refractivity contribution in [2.45, 2.75) is 5.92 Å². The van der Waals surface area contributed by atoms with Gasteiger partial charge in [-0.2, -0.15) is 13.2 Å². The zero-order valence-electron chi connectivity index (χ0n) is 7.49. The Morgan fingerprint density at radius 3 is 2.44 bits per heavy atom. The van der Waals surface area contributed by atoms with E-state index in [1.54, 1.807) is 0 Å². The molecular formula is C8H4F3NO4. The lowest BCUT2D eigenvalue weighted by atomic mass is 10.1. The van der Waals surface area contributed by atoms with Crippen LogP contribution in [0.15, 0.2) is 18.2 Å². The maximum atomic E-state index is 13.2. The van der Waals surface area contributed by atoms with Gasteiger partial charge in [0.2, 0.25) is 5.82 Å². The van der Waals surface area contributed by atoms with Crippen molar-refractivity contribution in [3.63, 3.8) is 0 Å². The van der Waals surface area contributed by atoms with Gasteiger partial charge < -0.3 is 5.11 Å². The van der Waals surface area contributed by atoms with Crippen LogP contribution in [0.2, 0.25) is 0 Å². The number of nitro benzene ring substituents is 1. The average molecular weight is 235 g/mol. The monoisotopic (exact) mass is 235 g/mol. The molecule has 16 heavy (non-hydrogen) atoms. The number of hydrogen-bond acceptors (Lipinski definition) is 3. The van der Waals surface area contributed by atoms with Crippen LogP contribution in [-0.2, 0) is 10.7 Å². The van der Waals surface area contributed by atoms with Gasteiger partial charge in [0.05, 0.1) is 10.5 Å². The van der Waals surface area contributed by atoms with E-state index >= 15 is 0 Å². The Bertz CT molecular complexity index is 461. The maximum absolute atomic E-state index is 13.2. The summed E-state index contributed by atoms with van der Waals surface area (Å²) in [4.78, 5) is 19.2. The van der Waals surface area contributed by atoms with E-state index in [4.69, 9.17) is 5.11 Å². The van der Waals surface area contributed by atoms with Gasteiger partial charge in [0.25, 0.3) is 0 Å². The SMILES string of the molecule is O=C(O)C(F)(F)c1cccc([N+](=O)[O-])c1F. The lowest BCUT2D eigenvalue weighted by Gasteiger charge is -2.11. The van der Waals surface area contributed by atoms with E-state index in [1.165, 1.54) is 0 Å². The minimum atomic E-state index is -4.50. The molecule has 5 nitrogen and oxygen atoms in total. The molecule has 1 rings (SSSR count). The van der Waals surface area contributed by atoms with Gasteiger partial charge in [-0.3, -0.25) is 10.1 Å². The normalized spacial score (nSPS) is 11.2. The average Bonchev–Trinajstić information content (AvgIpc) is 2.16. The van der Waals surface area contributed by atoms with Crippen molar-refractivity contribution in [3.05, 3.63) is 39.7 Å². The fraction of sp³-hybridized carbons (Fsp3) is 0.125. The Labute approximate surface area is 86.3 Å². The number of hydrogen-bond donors (Lipinski definition) is 1. The number of nitro groups is 1. The van der Waals surface area contributed by atoms with E-state index in [2.05, 4.69) is 0 Å². The summed E-state index contributed by atoms with van der Waals surface area (Å²) in [5.74, 6) is -8.93. The van der Waals surface area contributed by atoms with Gasteiger partial charge in [-0.05, 0) is 6.07 Å². The second kappa shape index (κ2) is 3.80. The number of carbonyl (C=O) groups is 1. The molecule has 1 N–H and O–H groups in total. The smallest absolute Gasteiger partial charge is 0.379 e. The molecule has 0 spiro atoms. The minimum Gasteiger partial charge on any atom is -0.477 e. The molecule has 0 aliphatic rings. The van der Waals surface area contributed by atoms with E-state index < -0.39 is 33.9 Å². The second-order valence-electron chi connectivity index (χ2n) is 2.78. The summed E-state index contributed by atoms with van der Waals surface area (Å²) >= 11 is 0. The number of aliphatic carboxylic acids is 1. The zero-order chi connectivity index (χ0) is 12.5. The Morgan fingerprint density at radius 1 is 1.44 bits per heavy atom. The van der Waals surface area contributed by atoms with Crippen LogP contribution in [0.5, 0.6) is 0 Å². The zero-order valence-corrected chi connectivity index (χ0v) is 7.49. The highest BCUT2D eigenvalue weighted by Gasteiger charge is 2.45. The summed E-state index contributed by atoms with van der Waals surface area (Å²) in [6.07, 6.45) is 0. The molecule has 0 saturated heterocycles. The summed E-state index contributed by atoms with van der Waals surface area (Å²) < 4.78 is 39.0. The Balaban J connectivity index is 3.42. The third kappa shape index (κ3) is 1.81. The van der Waals surface area contributed by atoms with Crippen LogP contribution < -0.4 is 0 Å². The summed E-state index contributed by atoms with van der Waals surface area (Å²) in [6.45, 7) is 0. The molecule has 0 aliphatic heterocycles. The molecule has 0 atom stereocenters. The summed E-state index contributed by atoms with van der Waals surface area (Å²) in [5.41, 5.74) is -2.73. The first-order chi connectivity index (χ1) is 7.28. The molecule has 0 radical (unpaired) electrons. The third-order valence-electron chi connectivity index (χ3n) is 1.78. The molecule has 0 aromatic heterocycles. The number of halogens is 3. The number of nitrogens with zero attached hydrogens (tertiary/aromatic N) is 1. The van der Waals surface area contributed by atoms with E-state index in [1.807, 2.05) is 0 Å².